The molecular formula is C34H28F2N4O5S. The number of sulfonamides is 1. The second-order valence-electron chi connectivity index (χ2n) is 10.9. The Kier molecular flexibility index (Phi) is 7.69. The van der Waals surface area contributed by atoms with Crippen LogP contribution in [0.25, 0.3) is 44.3 Å². The third kappa shape index (κ3) is 5.51. The second-order valence-corrected chi connectivity index (χ2v) is 12.9. The van der Waals surface area contributed by atoms with Crippen LogP contribution >= 0.6 is 0 Å². The van der Waals surface area contributed by atoms with Crippen molar-refractivity contribution in [3.63, 3.8) is 0 Å². The van der Waals surface area contributed by atoms with E-state index >= 15 is 0 Å². The van der Waals surface area contributed by atoms with E-state index in [9.17, 15) is 26.8 Å². The molecule has 0 radical (unpaired) electrons. The largest absolute Gasteiger partial charge is 0.455 e. The van der Waals surface area contributed by atoms with E-state index in [4.69, 9.17) is 4.42 Å². The molecule has 234 valence electrons. The molecule has 0 saturated heterocycles. The standard InChI is InChI=1S/C34H28F2N4O5S/c1-19-38-28-14-9-22(15-26(28)34(42)40(19)18-20-5-10-23(35)11-6-20)25-16-27-30(17-29(25)39(3)46(4,43)44)45-32(31(27)33(41)37-2)21-7-12-24(36)13-8-21/h5-17H,18H2,1-4H3,(H,37,41). The van der Waals surface area contributed by atoms with Gasteiger partial charge in [0.15, 0.2) is 0 Å². The van der Waals surface area contributed by atoms with Crippen LogP contribution in [0.5, 0.6) is 0 Å². The third-order valence-corrected chi connectivity index (χ3v) is 9.11. The van der Waals surface area contributed by atoms with Crippen molar-refractivity contribution < 1.29 is 26.4 Å². The quantitative estimate of drug-likeness (QED) is 0.233. The molecule has 0 fully saturated rings. The molecule has 1 N–H and O–H groups in total. The van der Waals surface area contributed by atoms with Crippen molar-refractivity contribution >= 4 is 43.5 Å². The zero-order valence-electron chi connectivity index (χ0n) is 25.3. The van der Waals surface area contributed by atoms with Crippen molar-refractivity contribution in [3.8, 4) is 22.5 Å². The SMILES string of the molecule is CNC(=O)c1c(-c2ccc(F)cc2)oc2cc(N(C)S(C)(=O)=O)c(-c3ccc4nc(C)n(Cc5ccc(F)cc5)c(=O)c4c3)cc12. The molecule has 0 spiro atoms. The number of anilines is 1. The van der Waals surface area contributed by atoms with E-state index in [0.717, 1.165) is 10.6 Å². The Morgan fingerprint density at radius 2 is 1.57 bits per heavy atom. The van der Waals surface area contributed by atoms with Gasteiger partial charge < -0.3 is 9.73 Å². The normalized spacial score (nSPS) is 11.7. The molecule has 6 rings (SSSR count). The van der Waals surface area contributed by atoms with Gasteiger partial charge in [0.1, 0.15) is 28.8 Å². The number of hydrogen-bond donors (Lipinski definition) is 1. The van der Waals surface area contributed by atoms with E-state index in [-0.39, 0.29) is 45.9 Å². The van der Waals surface area contributed by atoms with Gasteiger partial charge in [-0.25, -0.2) is 22.2 Å². The lowest BCUT2D eigenvalue weighted by atomic mass is 9.97. The number of fused-ring (bicyclic) bond motifs is 2. The van der Waals surface area contributed by atoms with Gasteiger partial charge in [-0.3, -0.25) is 18.5 Å². The van der Waals surface area contributed by atoms with Crippen LogP contribution in [0.4, 0.5) is 14.5 Å². The third-order valence-electron chi connectivity index (χ3n) is 7.91. The van der Waals surface area contributed by atoms with E-state index in [1.807, 2.05) is 0 Å². The summed E-state index contributed by atoms with van der Waals surface area (Å²) in [5.74, 6) is -0.659. The van der Waals surface area contributed by atoms with Gasteiger partial charge in [-0.1, -0.05) is 18.2 Å². The Labute approximate surface area is 262 Å². The van der Waals surface area contributed by atoms with Crippen LogP contribution in [-0.4, -0.2) is 44.2 Å². The average molecular weight is 643 g/mol. The number of aryl methyl sites for hydroxylation is 1. The Bertz CT molecular complexity index is 2330. The molecule has 0 unspecified atom stereocenters. The number of amides is 1. The van der Waals surface area contributed by atoms with Gasteiger partial charge in [0, 0.05) is 36.7 Å². The Morgan fingerprint density at radius 1 is 0.935 bits per heavy atom. The minimum Gasteiger partial charge on any atom is -0.455 e. The molecule has 0 atom stereocenters. The molecule has 0 aliphatic rings. The Balaban J connectivity index is 1.60. The molecular weight excluding hydrogens is 614 g/mol. The first kappa shape index (κ1) is 30.7. The Morgan fingerprint density at radius 3 is 2.20 bits per heavy atom. The first-order chi connectivity index (χ1) is 21.8. The van der Waals surface area contributed by atoms with Crippen molar-refractivity contribution in [3.05, 3.63) is 118 Å². The van der Waals surface area contributed by atoms with Crippen molar-refractivity contribution in [2.24, 2.45) is 0 Å². The average Bonchev–Trinajstić information content (AvgIpc) is 3.41. The molecule has 0 aliphatic carbocycles. The lowest BCUT2D eigenvalue weighted by molar-refractivity contribution is 0.0964. The molecule has 0 bridgehead atoms. The molecule has 2 heterocycles. The number of nitrogens with one attached hydrogen (secondary N) is 1. The molecule has 2 aromatic heterocycles. The van der Waals surface area contributed by atoms with Crippen LogP contribution in [0.15, 0.2) is 88.1 Å². The number of carbonyl (C=O) groups excluding carboxylic acids is 1. The van der Waals surface area contributed by atoms with Gasteiger partial charge in [-0.15, -0.1) is 0 Å². The topological polar surface area (TPSA) is 115 Å². The number of nitrogens with zero attached hydrogens (tertiary/aromatic N) is 3. The second kappa shape index (κ2) is 11.5. The van der Waals surface area contributed by atoms with E-state index in [1.54, 1.807) is 43.3 Å². The van der Waals surface area contributed by atoms with E-state index < -0.39 is 21.7 Å². The monoisotopic (exact) mass is 642 g/mol. The predicted octanol–water partition coefficient (Wildman–Crippen LogP) is 5.87. The highest BCUT2D eigenvalue weighted by Gasteiger charge is 2.26. The highest BCUT2D eigenvalue weighted by Crippen LogP contribution is 2.41. The molecule has 0 saturated carbocycles. The maximum Gasteiger partial charge on any atom is 0.261 e. The van der Waals surface area contributed by atoms with Crippen molar-refractivity contribution in [2.75, 3.05) is 24.7 Å². The van der Waals surface area contributed by atoms with Crippen LogP contribution in [0.1, 0.15) is 21.7 Å². The predicted molar refractivity (Wildman–Crippen MR) is 173 cm³/mol. The lowest BCUT2D eigenvalue weighted by Crippen LogP contribution is -2.25. The fourth-order valence-corrected chi connectivity index (χ4v) is 5.92. The summed E-state index contributed by atoms with van der Waals surface area (Å²) in [7, 11) is -0.907. The summed E-state index contributed by atoms with van der Waals surface area (Å²) < 4.78 is 61.5. The van der Waals surface area contributed by atoms with Gasteiger partial charge in [0.2, 0.25) is 10.0 Å². The molecule has 46 heavy (non-hydrogen) atoms. The summed E-state index contributed by atoms with van der Waals surface area (Å²) in [5, 5.41) is 3.28. The highest BCUT2D eigenvalue weighted by molar-refractivity contribution is 7.92. The van der Waals surface area contributed by atoms with E-state index in [1.165, 1.54) is 61.1 Å². The van der Waals surface area contributed by atoms with E-state index in [0.29, 0.717) is 39.0 Å². The minimum absolute atomic E-state index is 0.169. The minimum atomic E-state index is -3.77. The number of aromatic nitrogens is 2. The van der Waals surface area contributed by atoms with Crippen LogP contribution in [0.3, 0.4) is 0 Å². The zero-order chi connectivity index (χ0) is 32.9. The molecule has 9 nitrogen and oxygen atoms in total. The first-order valence-electron chi connectivity index (χ1n) is 14.1. The van der Waals surface area contributed by atoms with Gasteiger partial charge in [-0.2, -0.15) is 0 Å². The summed E-state index contributed by atoms with van der Waals surface area (Å²) >= 11 is 0. The Hall–Kier alpha value is -5.36. The summed E-state index contributed by atoms with van der Waals surface area (Å²) in [6.45, 7) is 1.88. The fourth-order valence-electron chi connectivity index (χ4n) is 5.42. The summed E-state index contributed by atoms with van der Waals surface area (Å²) in [6, 6.07) is 19.5. The first-order valence-corrected chi connectivity index (χ1v) is 16.0. The van der Waals surface area contributed by atoms with Gasteiger partial charge >= 0.3 is 0 Å². The summed E-state index contributed by atoms with van der Waals surface area (Å²) in [6.07, 6.45) is 1.06. The summed E-state index contributed by atoms with van der Waals surface area (Å²) in [4.78, 5) is 31.6. The van der Waals surface area contributed by atoms with Crippen molar-refractivity contribution in [1.29, 1.82) is 0 Å². The molecule has 1 amide bonds. The number of rotatable bonds is 7. The van der Waals surface area contributed by atoms with E-state index in [2.05, 4.69) is 10.3 Å². The lowest BCUT2D eigenvalue weighted by Gasteiger charge is -2.21. The number of hydrogen-bond acceptors (Lipinski definition) is 6. The fraction of sp³-hybridized carbons (Fsp3) is 0.147. The van der Waals surface area contributed by atoms with Crippen molar-refractivity contribution in [2.45, 2.75) is 13.5 Å². The number of furan rings is 1. The maximum atomic E-state index is 13.8. The van der Waals surface area contributed by atoms with Crippen LogP contribution in [0.2, 0.25) is 0 Å². The van der Waals surface area contributed by atoms with Crippen molar-refractivity contribution in [1.82, 2.24) is 14.9 Å². The highest BCUT2D eigenvalue weighted by atomic mass is 32.2. The number of benzene rings is 4. The molecule has 6 aromatic rings. The van der Waals surface area contributed by atoms with Crippen LogP contribution in [0, 0.1) is 18.6 Å². The van der Waals surface area contributed by atoms with Gasteiger partial charge in [0.05, 0.1) is 35.0 Å². The summed E-state index contributed by atoms with van der Waals surface area (Å²) in [5.41, 5.74) is 2.81. The molecule has 4 aromatic carbocycles. The van der Waals surface area contributed by atoms with Crippen LogP contribution < -0.4 is 15.2 Å². The zero-order valence-corrected chi connectivity index (χ0v) is 26.1. The van der Waals surface area contributed by atoms with Gasteiger partial charge in [-0.05, 0) is 72.6 Å². The van der Waals surface area contributed by atoms with Gasteiger partial charge in [0.25, 0.3) is 11.5 Å². The molecule has 0 aliphatic heterocycles. The number of carbonyl (C=O) groups is 1. The number of halogens is 2. The maximum absolute atomic E-state index is 13.8. The smallest absolute Gasteiger partial charge is 0.261 e. The molecule has 12 heteroatoms. The van der Waals surface area contributed by atoms with Crippen LogP contribution in [-0.2, 0) is 16.6 Å².